The molecule has 0 unspecified atom stereocenters. The first-order valence-corrected chi connectivity index (χ1v) is 10.1. The lowest BCUT2D eigenvalue weighted by molar-refractivity contribution is 0.0946. The van der Waals surface area contributed by atoms with Gasteiger partial charge in [0.2, 0.25) is 10.8 Å². The van der Waals surface area contributed by atoms with Gasteiger partial charge in [0.25, 0.3) is 0 Å². The van der Waals surface area contributed by atoms with E-state index in [0.29, 0.717) is 22.4 Å². The smallest absolute Gasteiger partial charge is 0.230 e. The molecule has 1 aliphatic heterocycles. The number of halogens is 1. The van der Waals surface area contributed by atoms with E-state index in [-0.39, 0.29) is 18.5 Å². The number of aliphatic hydroxyl groups is 1. The largest absolute Gasteiger partial charge is 0.492 e. The van der Waals surface area contributed by atoms with Crippen molar-refractivity contribution in [2.75, 3.05) is 39.3 Å². The minimum absolute atomic E-state index is 0.123. The zero-order valence-electron chi connectivity index (χ0n) is 15.0. The zero-order chi connectivity index (χ0) is 19.0. The fourth-order valence-electron chi connectivity index (χ4n) is 3.61. The van der Waals surface area contributed by atoms with Crippen LogP contribution in [0.3, 0.4) is 0 Å². The van der Waals surface area contributed by atoms with E-state index in [1.807, 2.05) is 31.2 Å². The van der Waals surface area contributed by atoms with Crippen LogP contribution < -0.4 is 0 Å². The number of thiazole rings is 1. The minimum Gasteiger partial charge on any atom is -0.492 e. The molecule has 3 heterocycles. The van der Waals surface area contributed by atoms with Crippen LogP contribution in [0.5, 0.6) is 5.88 Å². The van der Waals surface area contributed by atoms with Crippen molar-refractivity contribution in [1.82, 2.24) is 24.4 Å². The van der Waals surface area contributed by atoms with Crippen LogP contribution in [0.15, 0.2) is 24.3 Å². The lowest BCUT2D eigenvalue weighted by Gasteiger charge is -2.39. The van der Waals surface area contributed by atoms with E-state index >= 15 is 0 Å². The molecule has 0 bridgehead atoms. The molecule has 9 heteroatoms. The Morgan fingerprint density at radius 2 is 1.96 bits per heavy atom. The Labute approximate surface area is 166 Å². The highest BCUT2D eigenvalue weighted by molar-refractivity contribution is 7.17. The van der Waals surface area contributed by atoms with Gasteiger partial charge in [-0.15, -0.1) is 5.10 Å². The van der Waals surface area contributed by atoms with Crippen LogP contribution in [0.2, 0.25) is 5.02 Å². The molecule has 4 rings (SSSR count). The summed E-state index contributed by atoms with van der Waals surface area (Å²) in [6, 6.07) is 7.60. The first kappa shape index (κ1) is 18.6. The standard InChI is InChI=1S/C18H22ClN5O2S/c1-12-20-18-24(21-12)17(26)16(27-18)15(13-4-2-3-5-14(13)19)23-8-6-22(7-9-23)10-11-25/h2-5,15,25-26H,6-11H2,1H3/t15-/m0/s1. The molecular formula is C18H22ClN5O2S. The van der Waals surface area contributed by atoms with Gasteiger partial charge in [-0.25, -0.2) is 4.98 Å². The highest BCUT2D eigenvalue weighted by Gasteiger charge is 2.32. The Balaban J connectivity index is 1.73. The number of aryl methyl sites for hydroxylation is 1. The Hall–Kier alpha value is -1.71. The van der Waals surface area contributed by atoms with E-state index in [9.17, 15) is 10.2 Å². The lowest BCUT2D eigenvalue weighted by Crippen LogP contribution is -2.48. The van der Waals surface area contributed by atoms with Crippen LogP contribution in [-0.4, -0.2) is 73.9 Å². The summed E-state index contributed by atoms with van der Waals surface area (Å²) >= 11 is 7.98. The van der Waals surface area contributed by atoms with Gasteiger partial charge < -0.3 is 10.2 Å². The highest BCUT2D eigenvalue weighted by atomic mass is 35.5. The van der Waals surface area contributed by atoms with E-state index in [0.717, 1.165) is 36.6 Å². The second kappa shape index (κ2) is 7.73. The molecule has 2 N–H and O–H groups in total. The molecule has 0 radical (unpaired) electrons. The molecule has 3 aromatic rings. The first-order valence-electron chi connectivity index (χ1n) is 8.95. The summed E-state index contributed by atoms with van der Waals surface area (Å²) in [6.07, 6.45) is 0. The molecule has 1 atom stereocenters. The lowest BCUT2D eigenvalue weighted by atomic mass is 10.0. The molecule has 27 heavy (non-hydrogen) atoms. The van der Waals surface area contributed by atoms with Gasteiger partial charge in [-0.1, -0.05) is 41.1 Å². The van der Waals surface area contributed by atoms with Gasteiger partial charge in [0.05, 0.1) is 17.5 Å². The average molecular weight is 408 g/mol. The van der Waals surface area contributed by atoms with Crippen molar-refractivity contribution < 1.29 is 10.2 Å². The van der Waals surface area contributed by atoms with Crippen LogP contribution in [0.1, 0.15) is 22.3 Å². The van der Waals surface area contributed by atoms with Crippen LogP contribution >= 0.6 is 22.9 Å². The van der Waals surface area contributed by atoms with Gasteiger partial charge in [-0.05, 0) is 18.6 Å². The van der Waals surface area contributed by atoms with Crippen molar-refractivity contribution in [3.63, 3.8) is 0 Å². The van der Waals surface area contributed by atoms with Crippen molar-refractivity contribution in [1.29, 1.82) is 0 Å². The summed E-state index contributed by atoms with van der Waals surface area (Å²) in [7, 11) is 0. The number of rotatable bonds is 5. The topological polar surface area (TPSA) is 77.1 Å². The molecule has 2 aromatic heterocycles. The predicted octanol–water partition coefficient (Wildman–Crippen LogP) is 2.16. The van der Waals surface area contributed by atoms with Crippen LogP contribution in [0.4, 0.5) is 0 Å². The molecule has 0 saturated carbocycles. The van der Waals surface area contributed by atoms with Crippen molar-refractivity contribution in [2.45, 2.75) is 13.0 Å². The zero-order valence-corrected chi connectivity index (χ0v) is 16.6. The van der Waals surface area contributed by atoms with E-state index in [2.05, 4.69) is 19.9 Å². The van der Waals surface area contributed by atoms with E-state index in [1.165, 1.54) is 15.9 Å². The third-order valence-corrected chi connectivity index (χ3v) is 6.36. The summed E-state index contributed by atoms with van der Waals surface area (Å²) in [5, 5.41) is 25.0. The Bertz CT molecular complexity index is 935. The summed E-state index contributed by atoms with van der Waals surface area (Å²) in [5.74, 6) is 0.758. The summed E-state index contributed by atoms with van der Waals surface area (Å²) < 4.78 is 1.50. The van der Waals surface area contributed by atoms with Crippen LogP contribution in [-0.2, 0) is 0 Å². The number of aromatic nitrogens is 3. The Morgan fingerprint density at radius 3 is 2.63 bits per heavy atom. The molecule has 0 amide bonds. The fraction of sp³-hybridized carbons (Fsp3) is 0.444. The monoisotopic (exact) mass is 407 g/mol. The maximum Gasteiger partial charge on any atom is 0.230 e. The number of fused-ring (bicyclic) bond motifs is 1. The van der Waals surface area contributed by atoms with E-state index < -0.39 is 0 Å². The maximum absolute atomic E-state index is 10.8. The van der Waals surface area contributed by atoms with Crippen LogP contribution in [0, 0.1) is 6.92 Å². The normalized spacial score (nSPS) is 17.6. The van der Waals surface area contributed by atoms with Gasteiger partial charge in [0.15, 0.2) is 0 Å². The van der Waals surface area contributed by atoms with Gasteiger partial charge in [0, 0.05) is 37.7 Å². The molecule has 1 aromatic carbocycles. The highest BCUT2D eigenvalue weighted by Crippen LogP contribution is 2.42. The summed E-state index contributed by atoms with van der Waals surface area (Å²) in [5.41, 5.74) is 0.964. The Morgan fingerprint density at radius 1 is 1.22 bits per heavy atom. The molecular weight excluding hydrogens is 386 g/mol. The molecule has 144 valence electrons. The van der Waals surface area contributed by atoms with Crippen molar-refractivity contribution in [3.8, 4) is 5.88 Å². The number of nitrogens with zero attached hydrogens (tertiary/aromatic N) is 5. The fourth-order valence-corrected chi connectivity index (χ4v) is 5.01. The number of benzene rings is 1. The second-order valence-corrected chi connectivity index (χ2v) is 8.08. The van der Waals surface area contributed by atoms with Gasteiger partial charge in [0.1, 0.15) is 5.82 Å². The van der Waals surface area contributed by atoms with Crippen molar-refractivity contribution >= 4 is 27.9 Å². The van der Waals surface area contributed by atoms with Gasteiger partial charge in [-0.3, -0.25) is 9.80 Å². The maximum atomic E-state index is 10.8. The van der Waals surface area contributed by atoms with E-state index in [1.54, 1.807) is 0 Å². The summed E-state index contributed by atoms with van der Waals surface area (Å²) in [4.78, 5) is 10.4. The average Bonchev–Trinajstić information content (AvgIpc) is 3.16. The SMILES string of the molecule is Cc1nc2sc([C@H](c3ccccc3Cl)N3CCN(CCO)CC3)c(O)n2n1. The van der Waals surface area contributed by atoms with Gasteiger partial charge in [-0.2, -0.15) is 4.52 Å². The number of aliphatic hydroxyl groups excluding tert-OH is 1. The molecule has 0 spiro atoms. The number of aromatic hydroxyl groups is 1. The summed E-state index contributed by atoms with van der Waals surface area (Å²) in [6.45, 7) is 6.03. The number of hydrogen-bond acceptors (Lipinski definition) is 7. The minimum atomic E-state index is -0.163. The van der Waals surface area contributed by atoms with Crippen LogP contribution in [0.25, 0.3) is 4.96 Å². The number of hydrogen-bond donors (Lipinski definition) is 2. The molecule has 1 aliphatic rings. The molecule has 1 saturated heterocycles. The third-order valence-electron chi connectivity index (χ3n) is 4.94. The second-order valence-electron chi connectivity index (χ2n) is 6.67. The molecule has 7 nitrogen and oxygen atoms in total. The van der Waals surface area contributed by atoms with Crippen molar-refractivity contribution in [3.05, 3.63) is 45.6 Å². The third kappa shape index (κ3) is 3.55. The van der Waals surface area contributed by atoms with Crippen molar-refractivity contribution in [2.24, 2.45) is 0 Å². The number of β-amino-alcohol motifs (C(OH)–C–C–N with tert-alkyl or cyclic N) is 1. The first-order chi connectivity index (χ1) is 13.1. The Kier molecular flexibility index (Phi) is 5.34. The number of piperazine rings is 1. The van der Waals surface area contributed by atoms with Gasteiger partial charge >= 0.3 is 0 Å². The quantitative estimate of drug-likeness (QED) is 0.675. The predicted molar refractivity (Wildman–Crippen MR) is 106 cm³/mol. The molecule has 0 aliphatic carbocycles. The van der Waals surface area contributed by atoms with E-state index in [4.69, 9.17) is 11.6 Å². The molecule has 1 fully saturated rings.